The lowest BCUT2D eigenvalue weighted by molar-refractivity contribution is 0.102. The van der Waals surface area contributed by atoms with Crippen molar-refractivity contribution in [2.24, 2.45) is 0 Å². The first-order valence-electron chi connectivity index (χ1n) is 10.8. The van der Waals surface area contributed by atoms with Crippen molar-refractivity contribution in [3.63, 3.8) is 0 Å². The molecule has 0 saturated heterocycles. The van der Waals surface area contributed by atoms with Gasteiger partial charge in [0.15, 0.2) is 11.6 Å². The lowest BCUT2D eigenvalue weighted by Crippen LogP contribution is -2.14. The van der Waals surface area contributed by atoms with E-state index in [1.165, 1.54) is 18.3 Å². The Bertz CT molecular complexity index is 1330. The van der Waals surface area contributed by atoms with E-state index in [-0.39, 0.29) is 17.2 Å². The van der Waals surface area contributed by atoms with E-state index in [0.29, 0.717) is 28.8 Å². The molecule has 0 unspecified atom stereocenters. The van der Waals surface area contributed by atoms with Gasteiger partial charge in [-0.25, -0.2) is 19.3 Å². The average molecular weight is 458 g/mol. The fourth-order valence-electron chi connectivity index (χ4n) is 3.34. The number of pyridine rings is 1. The van der Waals surface area contributed by atoms with Gasteiger partial charge < -0.3 is 15.4 Å². The number of hydrogen-bond acceptors (Lipinski definition) is 6. The summed E-state index contributed by atoms with van der Waals surface area (Å²) >= 11 is 0. The summed E-state index contributed by atoms with van der Waals surface area (Å²) < 4.78 is 21.1. The molecule has 2 aromatic carbocycles. The molecule has 4 rings (SSSR count). The van der Waals surface area contributed by atoms with Crippen LogP contribution in [-0.4, -0.2) is 27.9 Å². The number of carbonyl (C=O) groups is 1. The van der Waals surface area contributed by atoms with Crippen molar-refractivity contribution < 1.29 is 13.9 Å². The molecule has 172 valence electrons. The highest BCUT2D eigenvalue weighted by atomic mass is 19.1. The Hall–Kier alpha value is -4.33. The highest BCUT2D eigenvalue weighted by Gasteiger charge is 2.19. The van der Waals surface area contributed by atoms with E-state index in [2.05, 4.69) is 39.4 Å². The van der Waals surface area contributed by atoms with Crippen molar-refractivity contribution in [1.82, 2.24) is 15.0 Å². The lowest BCUT2D eigenvalue weighted by Gasteiger charge is -2.13. The molecule has 0 radical (unpaired) electrons. The molecule has 0 aliphatic heterocycles. The zero-order chi connectivity index (χ0) is 24.1. The third kappa shape index (κ3) is 5.01. The van der Waals surface area contributed by atoms with Gasteiger partial charge in [0.1, 0.15) is 0 Å². The number of carbonyl (C=O) groups excluding carboxylic acids is 1. The molecule has 2 aromatic heterocycles. The second kappa shape index (κ2) is 10.1. The van der Waals surface area contributed by atoms with Crippen molar-refractivity contribution in [3.05, 3.63) is 90.0 Å². The highest BCUT2D eigenvalue weighted by molar-refractivity contribution is 6.04. The quantitative estimate of drug-likeness (QED) is 0.360. The Labute approximate surface area is 197 Å². The maximum Gasteiger partial charge on any atom is 0.258 e. The third-order valence-electron chi connectivity index (χ3n) is 5.15. The minimum Gasteiger partial charge on any atom is -0.435 e. The second-order valence-corrected chi connectivity index (χ2v) is 7.83. The van der Waals surface area contributed by atoms with Crippen LogP contribution in [0.1, 0.15) is 35.7 Å². The van der Waals surface area contributed by atoms with Gasteiger partial charge in [-0.15, -0.1) is 0 Å². The van der Waals surface area contributed by atoms with E-state index in [0.717, 1.165) is 5.56 Å². The topological polar surface area (TPSA) is 89.0 Å². The summed E-state index contributed by atoms with van der Waals surface area (Å²) in [6.45, 7) is 4.13. The summed E-state index contributed by atoms with van der Waals surface area (Å²) in [5.41, 5.74) is 2.65. The molecule has 7 nitrogen and oxygen atoms in total. The first-order valence-corrected chi connectivity index (χ1v) is 10.8. The molecular weight excluding hydrogens is 433 g/mol. The molecular formula is C26H24FN5O2. The fraction of sp³-hybridized carbons (Fsp3) is 0.154. The molecule has 0 saturated carbocycles. The minimum atomic E-state index is -0.782. The summed E-state index contributed by atoms with van der Waals surface area (Å²) in [6.07, 6.45) is 3.14. The van der Waals surface area contributed by atoms with Gasteiger partial charge in [-0.1, -0.05) is 32.0 Å². The zero-order valence-corrected chi connectivity index (χ0v) is 19.0. The van der Waals surface area contributed by atoms with Gasteiger partial charge in [-0.05, 0) is 53.9 Å². The Morgan fingerprint density at radius 3 is 2.62 bits per heavy atom. The van der Waals surface area contributed by atoms with Crippen LogP contribution in [0.3, 0.4) is 0 Å². The summed E-state index contributed by atoms with van der Waals surface area (Å²) in [6, 6.07) is 17.1. The van der Waals surface area contributed by atoms with Gasteiger partial charge in [-0.3, -0.25) is 4.79 Å². The fourth-order valence-corrected chi connectivity index (χ4v) is 3.34. The van der Waals surface area contributed by atoms with Gasteiger partial charge in [0.05, 0.1) is 16.8 Å². The molecule has 0 spiro atoms. The van der Waals surface area contributed by atoms with E-state index in [1.54, 1.807) is 43.6 Å². The van der Waals surface area contributed by atoms with Crippen LogP contribution >= 0.6 is 0 Å². The van der Waals surface area contributed by atoms with Gasteiger partial charge in [0.2, 0.25) is 11.8 Å². The minimum absolute atomic E-state index is 0.119. The number of ether oxygens (including phenoxy) is 1. The highest BCUT2D eigenvalue weighted by Crippen LogP contribution is 2.32. The number of aromatic nitrogens is 3. The monoisotopic (exact) mass is 457 g/mol. The summed E-state index contributed by atoms with van der Waals surface area (Å²) in [5.74, 6) is -0.582. The molecule has 34 heavy (non-hydrogen) atoms. The number of nitrogens with zero attached hydrogens (tertiary/aromatic N) is 3. The predicted molar refractivity (Wildman–Crippen MR) is 130 cm³/mol. The van der Waals surface area contributed by atoms with E-state index in [9.17, 15) is 4.79 Å². The van der Waals surface area contributed by atoms with Crippen LogP contribution in [0.4, 0.5) is 16.0 Å². The Balaban J connectivity index is 1.61. The van der Waals surface area contributed by atoms with Gasteiger partial charge in [0, 0.05) is 25.1 Å². The summed E-state index contributed by atoms with van der Waals surface area (Å²) in [7, 11) is 1.71. The SMILES string of the molecule is CNc1nccc(-c2cccnc2Oc2cccc(C(=O)Nc3cccc(C(C)C)c3)c2F)n1. The summed E-state index contributed by atoms with van der Waals surface area (Å²) in [5, 5.41) is 5.64. The van der Waals surface area contributed by atoms with Crippen molar-refractivity contribution in [3.8, 4) is 22.9 Å². The molecule has 2 N–H and O–H groups in total. The maximum atomic E-state index is 15.3. The van der Waals surface area contributed by atoms with E-state index in [1.807, 2.05) is 18.2 Å². The number of nitrogens with one attached hydrogen (secondary N) is 2. The number of benzene rings is 2. The molecule has 8 heteroatoms. The third-order valence-corrected chi connectivity index (χ3v) is 5.15. The van der Waals surface area contributed by atoms with E-state index >= 15 is 4.39 Å². The van der Waals surface area contributed by atoms with Crippen LogP contribution < -0.4 is 15.4 Å². The van der Waals surface area contributed by atoms with Gasteiger partial charge in [0.25, 0.3) is 5.91 Å². The van der Waals surface area contributed by atoms with Gasteiger partial charge >= 0.3 is 0 Å². The van der Waals surface area contributed by atoms with Crippen molar-refractivity contribution in [2.45, 2.75) is 19.8 Å². The molecule has 0 aliphatic rings. The first kappa shape index (κ1) is 22.8. The van der Waals surface area contributed by atoms with Crippen LogP contribution in [0.25, 0.3) is 11.3 Å². The number of rotatable bonds is 7. The average Bonchev–Trinajstić information content (AvgIpc) is 2.85. The van der Waals surface area contributed by atoms with Crippen LogP contribution in [0.5, 0.6) is 11.6 Å². The molecule has 0 aliphatic carbocycles. The van der Waals surface area contributed by atoms with Crippen molar-refractivity contribution >= 4 is 17.5 Å². The standard InChI is InChI=1S/C26H24FN5O2/c1-16(2)17-7-4-8-18(15-17)31-24(33)20-9-5-11-22(23(20)27)34-25-19(10-6-13-29-25)21-12-14-30-26(28-3)32-21/h4-16H,1-3H3,(H,31,33)(H,28,30,32). The van der Waals surface area contributed by atoms with Crippen LogP contribution in [-0.2, 0) is 0 Å². The number of hydrogen-bond donors (Lipinski definition) is 2. The van der Waals surface area contributed by atoms with Crippen LogP contribution in [0.15, 0.2) is 73.1 Å². The smallest absolute Gasteiger partial charge is 0.258 e. The van der Waals surface area contributed by atoms with E-state index in [4.69, 9.17) is 4.74 Å². The summed E-state index contributed by atoms with van der Waals surface area (Å²) in [4.78, 5) is 25.6. The van der Waals surface area contributed by atoms with Crippen LogP contribution in [0.2, 0.25) is 0 Å². The number of anilines is 2. The first-order chi connectivity index (χ1) is 16.5. The maximum absolute atomic E-state index is 15.3. The van der Waals surface area contributed by atoms with Gasteiger partial charge in [-0.2, -0.15) is 0 Å². The normalized spacial score (nSPS) is 10.7. The van der Waals surface area contributed by atoms with Crippen LogP contribution in [0, 0.1) is 5.82 Å². The molecule has 0 atom stereocenters. The number of amides is 1. The van der Waals surface area contributed by atoms with Crippen molar-refractivity contribution in [2.75, 3.05) is 17.7 Å². The molecule has 0 fully saturated rings. The van der Waals surface area contributed by atoms with Crippen molar-refractivity contribution in [1.29, 1.82) is 0 Å². The zero-order valence-electron chi connectivity index (χ0n) is 19.0. The number of halogens is 1. The molecule has 2 heterocycles. The molecule has 4 aromatic rings. The Kier molecular flexibility index (Phi) is 6.77. The largest absolute Gasteiger partial charge is 0.435 e. The predicted octanol–water partition coefficient (Wildman–Crippen LogP) is 5.89. The lowest BCUT2D eigenvalue weighted by atomic mass is 10.0. The van der Waals surface area contributed by atoms with E-state index < -0.39 is 11.7 Å². The Morgan fingerprint density at radius 1 is 1.00 bits per heavy atom. The molecule has 0 bridgehead atoms. The molecule has 1 amide bonds. The Morgan fingerprint density at radius 2 is 1.82 bits per heavy atom. The second-order valence-electron chi connectivity index (χ2n) is 7.83.